The Morgan fingerprint density at radius 1 is 1.36 bits per heavy atom. The summed E-state index contributed by atoms with van der Waals surface area (Å²) in [5, 5.41) is 0.650. The molecule has 2 heterocycles. The molecule has 2 atom stereocenters. The van der Waals surface area contributed by atoms with Crippen molar-refractivity contribution in [3.63, 3.8) is 0 Å². The van der Waals surface area contributed by atoms with Gasteiger partial charge < -0.3 is 15.4 Å². The Labute approximate surface area is 174 Å². The van der Waals surface area contributed by atoms with Crippen LogP contribution in [-0.4, -0.2) is 42.5 Å². The fourth-order valence-electron chi connectivity index (χ4n) is 3.27. The van der Waals surface area contributed by atoms with E-state index in [0.717, 1.165) is 29.8 Å². The lowest BCUT2D eigenvalue weighted by Crippen LogP contribution is -2.35. The highest BCUT2D eigenvalue weighted by molar-refractivity contribution is 7.15. The predicted molar refractivity (Wildman–Crippen MR) is 117 cm³/mol. The molecule has 0 bridgehead atoms. The second-order valence-corrected chi connectivity index (χ2v) is 9.98. The largest absolute Gasteiger partial charge is 0.471 e. The number of nitrogens with two attached hydrogens (primary N) is 1. The van der Waals surface area contributed by atoms with Gasteiger partial charge in [0.25, 0.3) is 6.47 Å². The van der Waals surface area contributed by atoms with E-state index in [0.29, 0.717) is 29.3 Å². The third-order valence-corrected chi connectivity index (χ3v) is 5.63. The normalized spacial score (nSPS) is 20.8. The van der Waals surface area contributed by atoms with E-state index >= 15 is 0 Å². The first kappa shape index (κ1) is 26.4. The number of piperidine rings is 1. The van der Waals surface area contributed by atoms with Crippen molar-refractivity contribution in [3.8, 4) is 0 Å². The van der Waals surface area contributed by atoms with Crippen LogP contribution < -0.4 is 5.73 Å². The average molecular weight is 414 g/mol. The molecule has 2 aliphatic rings. The number of nitrogens with zero attached hydrogens (tertiary/aromatic N) is 2. The lowest BCUT2D eigenvalue weighted by Gasteiger charge is -2.26. The van der Waals surface area contributed by atoms with Gasteiger partial charge in [-0.15, -0.1) is 11.3 Å². The molecule has 1 aliphatic carbocycles. The molecule has 1 saturated carbocycles. The zero-order valence-electron chi connectivity index (χ0n) is 19.0. The Morgan fingerprint density at radius 2 is 1.82 bits per heavy atom. The molecule has 1 aromatic rings. The Bertz CT molecular complexity index is 578. The molecule has 1 aromatic heterocycles. The molecular formula is C21H39N3O3S. The van der Waals surface area contributed by atoms with Crippen LogP contribution in [0.4, 0.5) is 5.13 Å². The zero-order chi connectivity index (χ0) is 22.1. The van der Waals surface area contributed by atoms with Crippen LogP contribution >= 0.6 is 11.3 Å². The van der Waals surface area contributed by atoms with Crippen LogP contribution in [0.2, 0.25) is 0 Å². The average Bonchev–Trinajstić information content (AvgIpc) is 3.02. The smallest absolute Gasteiger partial charge is 0.292 e. The number of aryl methyl sites for hydroxylation is 1. The maximum Gasteiger partial charge on any atom is 0.292 e. The molecule has 0 aromatic carbocycles. The van der Waals surface area contributed by atoms with Crippen LogP contribution in [0.5, 0.6) is 0 Å². The lowest BCUT2D eigenvalue weighted by atomic mass is 9.91. The summed E-state index contributed by atoms with van der Waals surface area (Å²) in [7, 11) is 1.31. The highest BCUT2D eigenvalue weighted by atomic mass is 32.1. The van der Waals surface area contributed by atoms with Crippen molar-refractivity contribution >= 4 is 28.8 Å². The first-order valence-corrected chi connectivity index (χ1v) is 10.7. The van der Waals surface area contributed by atoms with Crippen molar-refractivity contribution in [2.75, 3.05) is 25.9 Å². The van der Waals surface area contributed by atoms with Crippen molar-refractivity contribution in [3.05, 3.63) is 11.1 Å². The SMILES string of the molecule is CC.CC(C)(C)CC(=O)N1CC2C(C1)C2(C)C.COC=O.Cc1cnc(N)s1. The van der Waals surface area contributed by atoms with Crippen LogP contribution in [0.25, 0.3) is 0 Å². The Balaban J connectivity index is 0.000000466. The molecule has 162 valence electrons. The number of amides is 1. The van der Waals surface area contributed by atoms with E-state index in [2.05, 4.69) is 49.2 Å². The van der Waals surface area contributed by atoms with E-state index in [1.165, 1.54) is 18.4 Å². The Kier molecular flexibility index (Phi) is 10.7. The maximum atomic E-state index is 12.0. The summed E-state index contributed by atoms with van der Waals surface area (Å²) in [6.07, 6.45) is 2.45. The van der Waals surface area contributed by atoms with E-state index in [4.69, 9.17) is 10.5 Å². The van der Waals surface area contributed by atoms with Gasteiger partial charge in [-0.2, -0.15) is 0 Å². The summed E-state index contributed by atoms with van der Waals surface area (Å²) in [5.41, 5.74) is 5.92. The number of anilines is 1. The molecule has 0 radical (unpaired) electrons. The molecule has 1 amide bonds. The second kappa shape index (κ2) is 11.4. The molecule has 1 aliphatic heterocycles. The third kappa shape index (κ3) is 8.59. The van der Waals surface area contributed by atoms with Gasteiger partial charge >= 0.3 is 0 Å². The number of ether oxygens (including phenoxy) is 1. The van der Waals surface area contributed by atoms with E-state index < -0.39 is 0 Å². The van der Waals surface area contributed by atoms with Gasteiger partial charge in [0.15, 0.2) is 5.13 Å². The van der Waals surface area contributed by atoms with Gasteiger partial charge in [-0.25, -0.2) is 4.98 Å². The van der Waals surface area contributed by atoms with Gasteiger partial charge in [-0.3, -0.25) is 9.59 Å². The fraction of sp³-hybridized carbons (Fsp3) is 0.762. The number of hydrogen-bond donors (Lipinski definition) is 1. The van der Waals surface area contributed by atoms with Crippen LogP contribution in [0.15, 0.2) is 6.20 Å². The lowest BCUT2D eigenvalue weighted by molar-refractivity contribution is -0.133. The van der Waals surface area contributed by atoms with E-state index in [1.54, 1.807) is 6.20 Å². The quantitative estimate of drug-likeness (QED) is 0.727. The molecular weight excluding hydrogens is 374 g/mol. The molecule has 2 unspecified atom stereocenters. The van der Waals surface area contributed by atoms with Crippen LogP contribution in [0.3, 0.4) is 0 Å². The first-order valence-electron chi connectivity index (χ1n) is 9.84. The number of fused-ring (bicyclic) bond motifs is 1. The summed E-state index contributed by atoms with van der Waals surface area (Å²) in [4.78, 5) is 28.0. The van der Waals surface area contributed by atoms with Crippen molar-refractivity contribution in [1.29, 1.82) is 0 Å². The Hall–Kier alpha value is -1.63. The molecule has 6 nitrogen and oxygen atoms in total. The number of aromatic nitrogens is 1. The number of methoxy groups -OCH3 is 1. The van der Waals surface area contributed by atoms with Gasteiger partial charge in [-0.1, -0.05) is 48.5 Å². The summed E-state index contributed by atoms with van der Waals surface area (Å²) >= 11 is 1.51. The maximum absolute atomic E-state index is 12.0. The molecule has 7 heteroatoms. The molecule has 0 spiro atoms. The highest BCUT2D eigenvalue weighted by Crippen LogP contribution is 2.62. The van der Waals surface area contributed by atoms with Crippen molar-refractivity contribution in [1.82, 2.24) is 9.88 Å². The van der Waals surface area contributed by atoms with Crippen molar-refractivity contribution in [2.24, 2.45) is 22.7 Å². The minimum atomic E-state index is 0.124. The highest BCUT2D eigenvalue weighted by Gasteiger charge is 2.62. The summed E-state index contributed by atoms with van der Waals surface area (Å²) in [6, 6.07) is 0. The van der Waals surface area contributed by atoms with Gasteiger partial charge in [0, 0.05) is 30.6 Å². The third-order valence-electron chi connectivity index (χ3n) is 4.89. The predicted octanol–water partition coefficient (Wildman–Crippen LogP) is 4.39. The minimum Gasteiger partial charge on any atom is -0.471 e. The fourth-order valence-corrected chi connectivity index (χ4v) is 3.81. The van der Waals surface area contributed by atoms with Crippen LogP contribution in [-0.2, 0) is 14.3 Å². The number of thiazole rings is 1. The van der Waals surface area contributed by atoms with Crippen LogP contribution in [0.1, 0.15) is 59.8 Å². The second-order valence-electron chi connectivity index (χ2n) is 8.71. The molecule has 2 fully saturated rings. The van der Waals surface area contributed by atoms with Crippen molar-refractivity contribution < 1.29 is 14.3 Å². The number of carbonyl (C=O) groups excluding carboxylic acids is 2. The number of nitrogen functional groups attached to an aromatic ring is 1. The summed E-state index contributed by atoms with van der Waals surface area (Å²) in [6.45, 7) is 19.4. The van der Waals surface area contributed by atoms with Crippen LogP contribution in [0, 0.1) is 29.6 Å². The van der Waals surface area contributed by atoms with Gasteiger partial charge in [0.1, 0.15) is 0 Å². The van der Waals surface area contributed by atoms with E-state index in [-0.39, 0.29) is 5.41 Å². The van der Waals surface area contributed by atoms with Gasteiger partial charge in [0.05, 0.1) is 7.11 Å². The topological polar surface area (TPSA) is 85.5 Å². The number of hydrogen-bond acceptors (Lipinski definition) is 6. The standard InChI is InChI=1S/C13H23NO.C4H6N2S.C2H4O2.C2H6/c1-12(2,3)6-11(15)14-7-9-10(8-14)13(9,4)5;1-3-2-6-4(5)7-3;1-4-2-3;1-2/h9-10H,6-8H2,1-5H3;2H,1H3,(H2,5,6);2H,1H3;1-2H3. The Morgan fingerprint density at radius 3 is 2.07 bits per heavy atom. The van der Waals surface area contributed by atoms with Gasteiger partial charge in [0.2, 0.25) is 5.91 Å². The number of carbonyl (C=O) groups is 2. The summed E-state index contributed by atoms with van der Waals surface area (Å²) in [5.74, 6) is 1.91. The number of likely N-dealkylation sites (tertiary alicyclic amines) is 1. The first-order chi connectivity index (χ1) is 12.9. The molecule has 1 saturated heterocycles. The zero-order valence-corrected chi connectivity index (χ0v) is 19.9. The molecule has 2 N–H and O–H groups in total. The summed E-state index contributed by atoms with van der Waals surface area (Å²) < 4.78 is 3.86. The minimum absolute atomic E-state index is 0.124. The molecule has 3 rings (SSSR count). The van der Waals surface area contributed by atoms with Gasteiger partial charge in [-0.05, 0) is 29.6 Å². The van der Waals surface area contributed by atoms with E-state index in [1.807, 2.05) is 20.8 Å². The molecule has 28 heavy (non-hydrogen) atoms. The monoisotopic (exact) mass is 413 g/mol. The number of rotatable bonds is 2. The van der Waals surface area contributed by atoms with E-state index in [9.17, 15) is 4.79 Å². The van der Waals surface area contributed by atoms with Crippen molar-refractivity contribution in [2.45, 2.75) is 61.8 Å².